The molecule has 2 unspecified atom stereocenters. The highest BCUT2D eigenvalue weighted by molar-refractivity contribution is 6.10. The van der Waals surface area contributed by atoms with Crippen LogP contribution in [0.3, 0.4) is 0 Å². The summed E-state index contributed by atoms with van der Waals surface area (Å²) in [7, 11) is 0. The minimum atomic E-state index is -0.993. The molecule has 2 amide bonds. The van der Waals surface area contributed by atoms with Crippen molar-refractivity contribution in [3.63, 3.8) is 0 Å². The molecule has 1 saturated carbocycles. The van der Waals surface area contributed by atoms with Crippen LogP contribution in [0, 0.1) is 5.92 Å². The van der Waals surface area contributed by atoms with Gasteiger partial charge in [0.05, 0.1) is 12.5 Å². The van der Waals surface area contributed by atoms with Gasteiger partial charge >= 0.3 is 0 Å². The van der Waals surface area contributed by atoms with Gasteiger partial charge in [0, 0.05) is 0 Å². The average molecular weight is 307 g/mol. The number of carbonyl (C=O) groups is 2. The summed E-state index contributed by atoms with van der Waals surface area (Å²) in [5.41, 5.74) is -0.0434. The number of hydrogen-bond donors (Lipinski definition) is 0. The zero-order valence-electron chi connectivity index (χ0n) is 12.6. The number of nitrogens with zero attached hydrogens (tertiary/aromatic N) is 1. The van der Waals surface area contributed by atoms with Gasteiger partial charge in [0.1, 0.15) is 5.75 Å². The van der Waals surface area contributed by atoms with Crippen LogP contribution in [-0.2, 0) is 16.1 Å². The Morgan fingerprint density at radius 1 is 1.00 bits per heavy atom. The zero-order chi connectivity index (χ0) is 15.9. The first kappa shape index (κ1) is 14.0. The molecule has 0 spiro atoms. The number of imide groups is 1. The third-order valence-electron chi connectivity index (χ3n) is 4.77. The van der Waals surface area contributed by atoms with Crippen molar-refractivity contribution >= 4 is 11.8 Å². The Bertz CT molecular complexity index is 744. The van der Waals surface area contributed by atoms with Gasteiger partial charge in [-0.2, -0.15) is 0 Å². The lowest BCUT2D eigenvalue weighted by molar-refractivity contribution is -0.149. The van der Waals surface area contributed by atoms with E-state index in [9.17, 15) is 9.59 Å². The molecule has 2 aliphatic rings. The summed E-state index contributed by atoms with van der Waals surface area (Å²) in [4.78, 5) is 26.8. The summed E-state index contributed by atoms with van der Waals surface area (Å²) >= 11 is 0. The molecule has 0 bridgehead atoms. The van der Waals surface area contributed by atoms with Crippen molar-refractivity contribution in [3.8, 4) is 5.75 Å². The first-order valence-corrected chi connectivity index (χ1v) is 7.84. The van der Waals surface area contributed by atoms with E-state index in [2.05, 4.69) is 0 Å². The molecule has 4 nitrogen and oxygen atoms in total. The van der Waals surface area contributed by atoms with Crippen LogP contribution in [0.25, 0.3) is 0 Å². The van der Waals surface area contributed by atoms with Crippen molar-refractivity contribution < 1.29 is 14.3 Å². The molecule has 23 heavy (non-hydrogen) atoms. The van der Waals surface area contributed by atoms with Gasteiger partial charge < -0.3 is 4.74 Å². The number of likely N-dealkylation sites (tertiary alicyclic amines) is 1. The van der Waals surface area contributed by atoms with E-state index in [1.165, 1.54) is 4.90 Å². The van der Waals surface area contributed by atoms with E-state index >= 15 is 0 Å². The summed E-state index contributed by atoms with van der Waals surface area (Å²) < 4.78 is 6.00. The van der Waals surface area contributed by atoms with Crippen LogP contribution in [0.1, 0.15) is 18.4 Å². The van der Waals surface area contributed by atoms with Gasteiger partial charge in [0.2, 0.25) is 5.91 Å². The highest BCUT2D eigenvalue weighted by Crippen LogP contribution is 2.49. The number of fused-ring (bicyclic) bond motifs is 1. The van der Waals surface area contributed by atoms with Crippen molar-refractivity contribution in [2.45, 2.75) is 25.0 Å². The van der Waals surface area contributed by atoms with Gasteiger partial charge in [-0.1, -0.05) is 48.5 Å². The van der Waals surface area contributed by atoms with Gasteiger partial charge in [-0.3, -0.25) is 14.5 Å². The summed E-state index contributed by atoms with van der Waals surface area (Å²) in [6.45, 7) is 0.314. The number of benzene rings is 2. The number of hydrogen-bond acceptors (Lipinski definition) is 3. The standard InChI is InChI=1S/C19H17NO3/c21-17-16-11-12-19(16,23-15-9-5-2-6-10-15)18(22)20(17)13-14-7-3-1-4-8-14/h1-10,16H,11-13H2. The molecule has 2 aromatic carbocycles. The fourth-order valence-electron chi connectivity index (χ4n) is 3.43. The molecule has 2 fully saturated rings. The third-order valence-corrected chi connectivity index (χ3v) is 4.77. The van der Waals surface area contributed by atoms with Crippen LogP contribution in [-0.4, -0.2) is 22.3 Å². The van der Waals surface area contributed by atoms with Gasteiger partial charge in [0.25, 0.3) is 5.91 Å². The minimum Gasteiger partial charge on any atom is -0.477 e. The molecule has 1 aliphatic carbocycles. The van der Waals surface area contributed by atoms with Gasteiger partial charge in [0.15, 0.2) is 5.60 Å². The molecule has 0 N–H and O–H groups in total. The molecule has 2 atom stereocenters. The lowest BCUT2D eigenvalue weighted by Gasteiger charge is -2.40. The Morgan fingerprint density at radius 3 is 2.26 bits per heavy atom. The molecule has 1 saturated heterocycles. The Morgan fingerprint density at radius 2 is 1.65 bits per heavy atom. The first-order valence-electron chi connectivity index (χ1n) is 7.84. The summed E-state index contributed by atoms with van der Waals surface area (Å²) in [5.74, 6) is -0.0219. The van der Waals surface area contributed by atoms with Crippen LogP contribution in [0.15, 0.2) is 60.7 Å². The quantitative estimate of drug-likeness (QED) is 0.816. The van der Waals surface area contributed by atoms with Crippen molar-refractivity contribution in [1.29, 1.82) is 0 Å². The van der Waals surface area contributed by atoms with Crippen LogP contribution in [0.5, 0.6) is 5.75 Å². The second kappa shape index (κ2) is 5.23. The Balaban J connectivity index is 1.60. The molecule has 1 aliphatic heterocycles. The fraction of sp³-hybridized carbons (Fsp3) is 0.263. The average Bonchev–Trinajstić information content (AvgIpc) is 2.69. The first-order chi connectivity index (χ1) is 11.2. The lowest BCUT2D eigenvalue weighted by Crippen LogP contribution is -2.55. The molecular formula is C19H17NO3. The van der Waals surface area contributed by atoms with E-state index in [0.717, 1.165) is 5.56 Å². The van der Waals surface area contributed by atoms with Crippen molar-refractivity contribution in [2.75, 3.05) is 0 Å². The Hall–Kier alpha value is -2.62. The molecule has 0 radical (unpaired) electrons. The monoisotopic (exact) mass is 307 g/mol. The Kier molecular flexibility index (Phi) is 3.18. The largest absolute Gasteiger partial charge is 0.477 e. The molecule has 1 heterocycles. The van der Waals surface area contributed by atoms with Gasteiger partial charge in [-0.05, 0) is 30.5 Å². The summed E-state index contributed by atoms with van der Waals surface area (Å²) in [6.07, 6.45) is 1.31. The maximum absolute atomic E-state index is 12.9. The van der Waals surface area contributed by atoms with E-state index in [1.54, 1.807) is 0 Å². The predicted molar refractivity (Wildman–Crippen MR) is 84.5 cm³/mol. The highest BCUT2D eigenvalue weighted by atomic mass is 16.5. The Labute approximate surface area is 134 Å². The van der Waals surface area contributed by atoms with E-state index in [-0.39, 0.29) is 17.7 Å². The van der Waals surface area contributed by atoms with Gasteiger partial charge in [-0.15, -0.1) is 0 Å². The number of rotatable bonds is 4. The maximum atomic E-state index is 12.9. The third kappa shape index (κ3) is 2.13. The van der Waals surface area contributed by atoms with E-state index in [0.29, 0.717) is 25.1 Å². The molecule has 4 rings (SSSR count). The van der Waals surface area contributed by atoms with E-state index in [1.807, 2.05) is 60.7 Å². The van der Waals surface area contributed by atoms with Crippen molar-refractivity contribution in [1.82, 2.24) is 4.90 Å². The van der Waals surface area contributed by atoms with E-state index in [4.69, 9.17) is 4.74 Å². The van der Waals surface area contributed by atoms with Crippen LogP contribution in [0.4, 0.5) is 0 Å². The lowest BCUT2D eigenvalue weighted by atomic mass is 9.71. The second-order valence-electron chi connectivity index (χ2n) is 6.11. The molecule has 0 aromatic heterocycles. The number of amides is 2. The topological polar surface area (TPSA) is 46.6 Å². The number of ether oxygens (including phenoxy) is 1. The molecule has 4 heteroatoms. The van der Waals surface area contributed by atoms with Crippen LogP contribution < -0.4 is 4.74 Å². The molecule has 116 valence electrons. The maximum Gasteiger partial charge on any atom is 0.274 e. The molecule has 2 aromatic rings. The van der Waals surface area contributed by atoms with Gasteiger partial charge in [-0.25, -0.2) is 0 Å². The van der Waals surface area contributed by atoms with Crippen LogP contribution in [0.2, 0.25) is 0 Å². The van der Waals surface area contributed by atoms with Crippen molar-refractivity contribution in [2.24, 2.45) is 5.92 Å². The predicted octanol–water partition coefficient (Wildman–Crippen LogP) is 2.78. The zero-order valence-corrected chi connectivity index (χ0v) is 12.6. The van der Waals surface area contributed by atoms with Crippen LogP contribution >= 0.6 is 0 Å². The smallest absolute Gasteiger partial charge is 0.274 e. The fourth-order valence-corrected chi connectivity index (χ4v) is 3.43. The minimum absolute atomic E-state index is 0.110. The summed E-state index contributed by atoms with van der Waals surface area (Å²) in [5, 5.41) is 0. The van der Waals surface area contributed by atoms with Crippen molar-refractivity contribution in [3.05, 3.63) is 66.2 Å². The molecular weight excluding hydrogens is 290 g/mol. The normalized spacial score (nSPS) is 25.9. The number of para-hydroxylation sites is 1. The summed E-state index contributed by atoms with van der Waals surface area (Å²) in [6, 6.07) is 18.8. The highest BCUT2D eigenvalue weighted by Gasteiger charge is 2.67. The second-order valence-corrected chi connectivity index (χ2v) is 6.11. The van der Waals surface area contributed by atoms with E-state index < -0.39 is 5.60 Å². The number of carbonyl (C=O) groups excluding carboxylic acids is 2. The SMILES string of the molecule is O=C1C2CCC2(Oc2ccccc2)C(=O)N1Cc1ccccc1.